The van der Waals surface area contributed by atoms with Crippen molar-refractivity contribution in [2.24, 2.45) is 5.92 Å². The lowest BCUT2D eigenvalue weighted by Gasteiger charge is -2.26. The number of aromatic nitrogens is 4. The Balaban J connectivity index is 1.26. The van der Waals surface area contributed by atoms with Crippen molar-refractivity contribution in [3.8, 4) is 34.4 Å². The molecular formula is C29H29N5O5. The van der Waals surface area contributed by atoms with Crippen molar-refractivity contribution in [3.05, 3.63) is 73.2 Å². The summed E-state index contributed by atoms with van der Waals surface area (Å²) in [5.74, 6) is 2.14. The molecular weight excluding hydrogens is 498 g/mol. The predicted molar refractivity (Wildman–Crippen MR) is 144 cm³/mol. The highest BCUT2D eigenvalue weighted by Gasteiger charge is 2.27. The van der Waals surface area contributed by atoms with Crippen LogP contribution in [0.3, 0.4) is 0 Å². The Hall–Kier alpha value is -4.73. The minimum atomic E-state index is -0.739. The fourth-order valence-corrected chi connectivity index (χ4v) is 4.40. The second-order valence-corrected chi connectivity index (χ2v) is 9.07. The van der Waals surface area contributed by atoms with Gasteiger partial charge < -0.3 is 24.6 Å². The molecule has 10 heteroatoms. The van der Waals surface area contributed by atoms with Gasteiger partial charge in [-0.2, -0.15) is 4.98 Å². The summed E-state index contributed by atoms with van der Waals surface area (Å²) in [4.78, 5) is 28.9. The summed E-state index contributed by atoms with van der Waals surface area (Å²) in [5.41, 5.74) is 1.47. The highest BCUT2D eigenvalue weighted by molar-refractivity contribution is 5.70. The van der Waals surface area contributed by atoms with Crippen LogP contribution in [0.15, 0.2) is 73.2 Å². The summed E-state index contributed by atoms with van der Waals surface area (Å²) in [7, 11) is 0. The van der Waals surface area contributed by atoms with Gasteiger partial charge >= 0.3 is 5.97 Å². The number of ether oxygens (including phenoxy) is 3. The molecule has 0 amide bonds. The van der Waals surface area contributed by atoms with Crippen LogP contribution < -0.4 is 19.5 Å². The van der Waals surface area contributed by atoms with Crippen molar-refractivity contribution in [1.29, 1.82) is 0 Å². The molecule has 2 heterocycles. The molecule has 0 bridgehead atoms. The summed E-state index contributed by atoms with van der Waals surface area (Å²) in [6, 6.07) is 16.8. The summed E-state index contributed by atoms with van der Waals surface area (Å²) >= 11 is 0. The lowest BCUT2D eigenvalue weighted by atomic mass is 9.87. The molecule has 4 aromatic rings. The Morgan fingerprint density at radius 1 is 1.00 bits per heavy atom. The van der Waals surface area contributed by atoms with E-state index in [0.717, 1.165) is 5.56 Å². The van der Waals surface area contributed by atoms with E-state index in [1.54, 1.807) is 24.7 Å². The average Bonchev–Trinajstić information content (AvgIpc) is 2.95. The third-order valence-corrected chi connectivity index (χ3v) is 6.32. The van der Waals surface area contributed by atoms with Gasteiger partial charge in [-0.3, -0.25) is 9.78 Å². The van der Waals surface area contributed by atoms with E-state index < -0.39 is 5.97 Å². The lowest BCUT2D eigenvalue weighted by molar-refractivity contribution is -0.143. The van der Waals surface area contributed by atoms with Crippen molar-refractivity contribution in [3.63, 3.8) is 0 Å². The molecule has 0 spiro atoms. The number of hydrogen-bond acceptors (Lipinski definition) is 9. The normalized spacial score (nSPS) is 16.7. The Bertz CT molecular complexity index is 1420. The third-order valence-electron chi connectivity index (χ3n) is 6.32. The molecule has 1 aliphatic carbocycles. The van der Waals surface area contributed by atoms with E-state index in [2.05, 4.69) is 25.3 Å². The molecule has 10 nitrogen and oxygen atoms in total. The van der Waals surface area contributed by atoms with Crippen LogP contribution in [0.1, 0.15) is 32.6 Å². The van der Waals surface area contributed by atoms with E-state index >= 15 is 0 Å². The van der Waals surface area contributed by atoms with E-state index in [4.69, 9.17) is 14.2 Å². The zero-order valence-electron chi connectivity index (χ0n) is 21.5. The van der Waals surface area contributed by atoms with E-state index in [-0.39, 0.29) is 12.0 Å². The Morgan fingerprint density at radius 3 is 2.62 bits per heavy atom. The third kappa shape index (κ3) is 6.78. The monoisotopic (exact) mass is 527 g/mol. The number of nitrogens with one attached hydrogen (secondary N) is 1. The minimum Gasteiger partial charge on any atom is -0.490 e. The van der Waals surface area contributed by atoms with Gasteiger partial charge in [0, 0.05) is 17.8 Å². The standard InChI is InChI=1S/C29H29N5O5/c1-2-37-24-8-3-4-9-25(24)38-22-7-5-6-20(16-22)23-17-30-18-26(32-23)33-29-31-15-14-27(34-29)39-21-12-10-19(11-13-21)28(35)36/h3-9,14-19,21H,2,10-13H2,1H3,(H,35,36)(H,31,32,33,34). The maximum absolute atomic E-state index is 11.2. The first-order valence-corrected chi connectivity index (χ1v) is 12.9. The molecule has 2 aromatic carbocycles. The first kappa shape index (κ1) is 25.9. The summed E-state index contributed by atoms with van der Waals surface area (Å²) in [6.07, 6.45) is 7.35. The summed E-state index contributed by atoms with van der Waals surface area (Å²) in [5, 5.41) is 12.3. The highest BCUT2D eigenvalue weighted by atomic mass is 16.5. The van der Waals surface area contributed by atoms with Gasteiger partial charge in [0.2, 0.25) is 11.8 Å². The Kier molecular flexibility index (Phi) is 8.11. The van der Waals surface area contributed by atoms with E-state index in [1.807, 2.05) is 55.5 Å². The Labute approximate surface area is 226 Å². The number of rotatable bonds is 10. The first-order valence-electron chi connectivity index (χ1n) is 12.9. The van der Waals surface area contributed by atoms with Crippen molar-refractivity contribution >= 4 is 17.7 Å². The van der Waals surface area contributed by atoms with Crippen LogP contribution in [-0.2, 0) is 4.79 Å². The topological polar surface area (TPSA) is 129 Å². The number of aliphatic carboxylic acids is 1. The van der Waals surface area contributed by atoms with Crippen molar-refractivity contribution in [2.75, 3.05) is 11.9 Å². The molecule has 5 rings (SSSR count). The SMILES string of the molecule is CCOc1ccccc1Oc1cccc(-c2cncc(Nc3nccc(OC4CCC(C(=O)O)CC4)n3)n2)c1. The molecule has 1 fully saturated rings. The quantitative estimate of drug-likeness (QED) is 0.257. The molecule has 2 aromatic heterocycles. The molecule has 0 atom stereocenters. The molecule has 200 valence electrons. The van der Waals surface area contributed by atoms with Gasteiger partial charge in [0.15, 0.2) is 17.3 Å². The zero-order valence-corrected chi connectivity index (χ0v) is 21.5. The summed E-state index contributed by atoms with van der Waals surface area (Å²) in [6.45, 7) is 2.47. The maximum atomic E-state index is 11.2. The van der Waals surface area contributed by atoms with Gasteiger partial charge in [0.05, 0.1) is 30.6 Å². The molecule has 0 aliphatic heterocycles. The second-order valence-electron chi connectivity index (χ2n) is 9.07. The number of hydrogen-bond donors (Lipinski definition) is 2. The van der Waals surface area contributed by atoms with Gasteiger partial charge in [-0.05, 0) is 56.9 Å². The highest BCUT2D eigenvalue weighted by Crippen LogP contribution is 2.33. The van der Waals surface area contributed by atoms with Gasteiger partial charge in [0.1, 0.15) is 11.9 Å². The van der Waals surface area contributed by atoms with E-state index in [9.17, 15) is 9.90 Å². The lowest BCUT2D eigenvalue weighted by Crippen LogP contribution is -2.28. The van der Waals surface area contributed by atoms with Gasteiger partial charge in [-0.15, -0.1) is 0 Å². The fraction of sp³-hybridized carbons (Fsp3) is 0.276. The van der Waals surface area contributed by atoms with E-state index in [0.29, 0.717) is 72.9 Å². The molecule has 1 saturated carbocycles. The zero-order chi connectivity index (χ0) is 27.0. The number of carbonyl (C=O) groups is 1. The number of nitrogens with zero attached hydrogens (tertiary/aromatic N) is 4. The number of benzene rings is 2. The second kappa shape index (κ2) is 12.2. The van der Waals surface area contributed by atoms with Gasteiger partial charge in [-0.1, -0.05) is 24.3 Å². The minimum absolute atomic E-state index is 0.0681. The molecule has 0 radical (unpaired) electrons. The molecule has 2 N–H and O–H groups in total. The number of carboxylic acids is 1. The van der Waals surface area contributed by atoms with Crippen LogP contribution in [0.25, 0.3) is 11.3 Å². The van der Waals surface area contributed by atoms with Crippen LogP contribution in [0, 0.1) is 5.92 Å². The predicted octanol–water partition coefficient (Wildman–Crippen LogP) is 5.89. The maximum Gasteiger partial charge on any atom is 0.306 e. The van der Waals surface area contributed by atoms with Crippen molar-refractivity contribution in [1.82, 2.24) is 19.9 Å². The largest absolute Gasteiger partial charge is 0.490 e. The number of para-hydroxylation sites is 2. The van der Waals surface area contributed by atoms with Crippen LogP contribution >= 0.6 is 0 Å². The number of anilines is 2. The van der Waals surface area contributed by atoms with Crippen molar-refractivity contribution < 1.29 is 24.1 Å². The molecule has 39 heavy (non-hydrogen) atoms. The molecule has 0 unspecified atom stereocenters. The van der Waals surface area contributed by atoms with Crippen molar-refractivity contribution in [2.45, 2.75) is 38.7 Å². The van der Waals surface area contributed by atoms with Crippen LogP contribution in [-0.4, -0.2) is 43.7 Å². The average molecular weight is 528 g/mol. The molecule has 0 saturated heterocycles. The molecule has 1 aliphatic rings. The van der Waals surface area contributed by atoms with Gasteiger partial charge in [-0.25, -0.2) is 9.97 Å². The fourth-order valence-electron chi connectivity index (χ4n) is 4.40. The van der Waals surface area contributed by atoms with Crippen LogP contribution in [0.4, 0.5) is 11.8 Å². The van der Waals surface area contributed by atoms with Crippen LogP contribution in [0.5, 0.6) is 23.1 Å². The Morgan fingerprint density at radius 2 is 1.82 bits per heavy atom. The van der Waals surface area contributed by atoms with Crippen LogP contribution in [0.2, 0.25) is 0 Å². The first-order chi connectivity index (χ1) is 19.1. The van der Waals surface area contributed by atoms with Gasteiger partial charge in [0.25, 0.3) is 0 Å². The smallest absolute Gasteiger partial charge is 0.306 e. The summed E-state index contributed by atoms with van der Waals surface area (Å²) < 4.78 is 17.8. The van der Waals surface area contributed by atoms with E-state index in [1.165, 1.54) is 0 Å². The number of carboxylic acid groups (broad SMARTS) is 1.